The molecule has 2 unspecified atom stereocenters. The number of nitrogens with one attached hydrogen (secondary N) is 1. The van der Waals surface area contributed by atoms with Gasteiger partial charge >= 0.3 is 6.18 Å². The highest BCUT2D eigenvalue weighted by Crippen LogP contribution is 2.34. The molecule has 1 amide bonds. The molecule has 2 fully saturated rings. The summed E-state index contributed by atoms with van der Waals surface area (Å²) in [5.41, 5.74) is -1.10. The zero-order valence-corrected chi connectivity index (χ0v) is 12.5. The first-order chi connectivity index (χ1) is 10.3. The van der Waals surface area contributed by atoms with Crippen LogP contribution in [0, 0.1) is 0 Å². The van der Waals surface area contributed by atoms with Crippen LogP contribution in [0.25, 0.3) is 0 Å². The fourth-order valence-corrected chi connectivity index (χ4v) is 3.61. The molecule has 5 nitrogen and oxygen atoms in total. The van der Waals surface area contributed by atoms with E-state index < -0.39 is 17.8 Å². The van der Waals surface area contributed by atoms with Gasteiger partial charge in [-0.05, 0) is 32.7 Å². The Hall–Kier alpha value is -1.57. The van der Waals surface area contributed by atoms with Crippen LogP contribution < -0.4 is 5.32 Å². The Labute approximate surface area is 126 Å². The summed E-state index contributed by atoms with van der Waals surface area (Å²) in [5.74, 6) is -0.487. The summed E-state index contributed by atoms with van der Waals surface area (Å²) in [5, 5.41) is 6.24. The summed E-state index contributed by atoms with van der Waals surface area (Å²) in [4.78, 5) is 14.6. The quantitative estimate of drug-likeness (QED) is 0.905. The number of fused-ring (bicyclic) bond motifs is 2. The zero-order chi connectivity index (χ0) is 16.1. The van der Waals surface area contributed by atoms with E-state index in [0.29, 0.717) is 12.1 Å². The number of hydrogen-bond donors (Lipinski definition) is 1. The first-order valence-corrected chi connectivity index (χ1v) is 7.39. The minimum Gasteiger partial charge on any atom is -0.348 e. The maximum absolute atomic E-state index is 12.6. The second-order valence-corrected chi connectivity index (χ2v) is 6.23. The maximum Gasteiger partial charge on any atom is 0.435 e. The molecule has 0 radical (unpaired) electrons. The van der Waals surface area contributed by atoms with Gasteiger partial charge in [-0.3, -0.25) is 9.48 Å². The van der Waals surface area contributed by atoms with Gasteiger partial charge in [0, 0.05) is 31.2 Å². The van der Waals surface area contributed by atoms with E-state index in [9.17, 15) is 18.0 Å². The van der Waals surface area contributed by atoms with E-state index in [-0.39, 0.29) is 11.7 Å². The third kappa shape index (κ3) is 2.71. The van der Waals surface area contributed by atoms with Gasteiger partial charge in [0.05, 0.1) is 0 Å². The summed E-state index contributed by atoms with van der Waals surface area (Å²) in [6.07, 6.45) is -0.594. The van der Waals surface area contributed by atoms with Crippen molar-refractivity contribution < 1.29 is 18.0 Å². The standard InChI is InChI=1S/C14H19F3N4O/c1-20-9-3-4-10(20)6-8(5-9)18-13(22)11-7-12(14(15,16)17)19-21(11)2/h7-10H,3-6H2,1-2H3,(H,18,22). The molecule has 8 heteroatoms. The molecule has 122 valence electrons. The highest BCUT2D eigenvalue weighted by atomic mass is 19.4. The average Bonchev–Trinajstić information content (AvgIpc) is 2.88. The highest BCUT2D eigenvalue weighted by Gasteiger charge is 2.39. The number of nitrogens with zero attached hydrogens (tertiary/aromatic N) is 3. The van der Waals surface area contributed by atoms with Crippen LogP contribution in [0.4, 0.5) is 13.2 Å². The first kappa shape index (κ1) is 15.3. The Morgan fingerprint density at radius 2 is 1.86 bits per heavy atom. The summed E-state index contributed by atoms with van der Waals surface area (Å²) < 4.78 is 38.9. The minimum absolute atomic E-state index is 0.0189. The minimum atomic E-state index is -4.54. The topological polar surface area (TPSA) is 50.2 Å². The molecule has 0 aliphatic carbocycles. The van der Waals surface area contributed by atoms with Gasteiger partial charge in [-0.15, -0.1) is 0 Å². The van der Waals surface area contributed by atoms with Crippen LogP contribution in [-0.4, -0.2) is 45.8 Å². The first-order valence-electron chi connectivity index (χ1n) is 7.39. The second-order valence-electron chi connectivity index (χ2n) is 6.23. The lowest BCUT2D eigenvalue weighted by Crippen LogP contribution is -2.49. The Kier molecular flexibility index (Phi) is 3.66. The molecular weight excluding hydrogens is 297 g/mol. The van der Waals surface area contributed by atoms with Gasteiger partial charge in [0.15, 0.2) is 5.69 Å². The third-order valence-corrected chi connectivity index (χ3v) is 4.84. The number of halogens is 3. The lowest BCUT2D eigenvalue weighted by molar-refractivity contribution is -0.141. The fourth-order valence-electron chi connectivity index (χ4n) is 3.61. The van der Waals surface area contributed by atoms with Gasteiger partial charge in [-0.25, -0.2) is 0 Å². The van der Waals surface area contributed by atoms with Crippen LogP contribution in [-0.2, 0) is 13.2 Å². The van der Waals surface area contributed by atoms with Gasteiger partial charge in [0.1, 0.15) is 5.69 Å². The number of alkyl halides is 3. The fraction of sp³-hybridized carbons (Fsp3) is 0.714. The molecule has 3 heterocycles. The molecule has 2 atom stereocenters. The van der Waals surface area contributed by atoms with Crippen molar-refractivity contribution in [3.63, 3.8) is 0 Å². The van der Waals surface area contributed by atoms with Crippen molar-refractivity contribution in [3.05, 3.63) is 17.5 Å². The van der Waals surface area contributed by atoms with Crippen molar-refractivity contribution in [2.24, 2.45) is 7.05 Å². The molecule has 2 aliphatic heterocycles. The maximum atomic E-state index is 12.6. The third-order valence-electron chi connectivity index (χ3n) is 4.84. The van der Waals surface area contributed by atoms with E-state index in [0.717, 1.165) is 36.4 Å². The van der Waals surface area contributed by atoms with E-state index in [1.165, 1.54) is 7.05 Å². The Morgan fingerprint density at radius 1 is 1.27 bits per heavy atom. The lowest BCUT2D eigenvalue weighted by atomic mass is 9.98. The molecular formula is C14H19F3N4O. The van der Waals surface area contributed by atoms with Gasteiger partial charge in [0.2, 0.25) is 0 Å². The number of aryl methyl sites for hydroxylation is 1. The summed E-state index contributed by atoms with van der Waals surface area (Å²) in [7, 11) is 3.44. The Morgan fingerprint density at radius 3 is 2.36 bits per heavy atom. The van der Waals surface area contributed by atoms with Crippen LogP contribution in [0.1, 0.15) is 41.9 Å². The monoisotopic (exact) mass is 316 g/mol. The number of amides is 1. The normalized spacial score (nSPS) is 28.9. The number of rotatable bonds is 2. The smallest absolute Gasteiger partial charge is 0.348 e. The Bertz CT molecular complexity index is 569. The van der Waals surface area contributed by atoms with E-state index in [1.807, 2.05) is 0 Å². The van der Waals surface area contributed by atoms with Gasteiger partial charge in [-0.2, -0.15) is 18.3 Å². The summed E-state index contributed by atoms with van der Waals surface area (Å²) >= 11 is 0. The SMILES string of the molecule is CN1C2CCC1CC(NC(=O)c1cc(C(F)(F)F)nn1C)C2. The molecule has 0 spiro atoms. The Balaban J connectivity index is 1.69. The molecule has 3 rings (SSSR count). The lowest BCUT2D eigenvalue weighted by Gasteiger charge is -2.36. The number of carbonyl (C=O) groups excluding carboxylic acids is 1. The number of hydrogen-bond acceptors (Lipinski definition) is 3. The molecule has 1 aromatic heterocycles. The van der Waals surface area contributed by atoms with Crippen molar-refractivity contribution in [1.82, 2.24) is 20.0 Å². The highest BCUT2D eigenvalue weighted by molar-refractivity contribution is 5.92. The van der Waals surface area contributed by atoms with Crippen LogP contribution in [0.15, 0.2) is 6.07 Å². The van der Waals surface area contributed by atoms with Crippen LogP contribution in [0.2, 0.25) is 0 Å². The van der Waals surface area contributed by atoms with Gasteiger partial charge < -0.3 is 10.2 Å². The van der Waals surface area contributed by atoms with Gasteiger partial charge in [0.25, 0.3) is 5.91 Å². The summed E-state index contributed by atoms with van der Waals surface area (Å²) in [6.45, 7) is 0. The van der Waals surface area contributed by atoms with E-state index in [4.69, 9.17) is 0 Å². The average molecular weight is 316 g/mol. The molecule has 2 aliphatic rings. The molecule has 0 aromatic carbocycles. The van der Waals surface area contributed by atoms with E-state index in [1.54, 1.807) is 0 Å². The van der Waals surface area contributed by atoms with Crippen LogP contribution >= 0.6 is 0 Å². The van der Waals surface area contributed by atoms with Crippen molar-refractivity contribution in [2.75, 3.05) is 7.05 Å². The van der Waals surface area contributed by atoms with Gasteiger partial charge in [-0.1, -0.05) is 0 Å². The molecule has 0 saturated carbocycles. The number of piperidine rings is 1. The number of aromatic nitrogens is 2. The van der Waals surface area contributed by atoms with E-state index in [2.05, 4.69) is 22.4 Å². The molecule has 22 heavy (non-hydrogen) atoms. The largest absolute Gasteiger partial charge is 0.435 e. The summed E-state index contributed by atoms with van der Waals surface area (Å²) in [6, 6.07) is 1.74. The van der Waals surface area contributed by atoms with E-state index >= 15 is 0 Å². The van der Waals surface area contributed by atoms with Crippen molar-refractivity contribution in [3.8, 4) is 0 Å². The second kappa shape index (κ2) is 5.26. The van der Waals surface area contributed by atoms with Crippen molar-refractivity contribution in [2.45, 2.75) is 50.0 Å². The van der Waals surface area contributed by atoms with Crippen molar-refractivity contribution >= 4 is 5.91 Å². The van der Waals surface area contributed by atoms with Crippen LogP contribution in [0.3, 0.4) is 0 Å². The molecule has 2 bridgehead atoms. The predicted octanol–water partition coefficient (Wildman–Crippen LogP) is 1.79. The molecule has 1 N–H and O–H groups in total. The predicted molar refractivity (Wildman–Crippen MR) is 73.3 cm³/mol. The zero-order valence-electron chi connectivity index (χ0n) is 12.5. The molecule has 2 saturated heterocycles. The van der Waals surface area contributed by atoms with Crippen molar-refractivity contribution in [1.29, 1.82) is 0 Å². The molecule has 1 aromatic rings. The number of carbonyl (C=O) groups is 1. The van der Waals surface area contributed by atoms with Crippen LogP contribution in [0.5, 0.6) is 0 Å².